The number of hydrogen-bond donors (Lipinski definition) is 3. The second-order valence-corrected chi connectivity index (χ2v) is 10.6. The second kappa shape index (κ2) is 13.1. The van der Waals surface area contributed by atoms with Crippen LogP contribution in [0.1, 0.15) is 63.8 Å². The highest BCUT2D eigenvalue weighted by Crippen LogP contribution is 2.30. The number of nitrogens with one attached hydrogen (secondary N) is 2. The monoisotopic (exact) mass is 540 g/mol. The standard InChI is InChI=1S/C29H40N4O6/c1-17(2)33(27(36)23(16-24(30)34)32-28(37)39-29(5,6)7)25(22-11-9-10-18(3)19(22)4)26(35)31-20-12-14-21(38-8)15-13-20/h9-15,17,23,25H,16H2,1-8H3,(H2,30,34)(H,31,35)(H,32,37). The summed E-state index contributed by atoms with van der Waals surface area (Å²) in [5.41, 5.74) is 7.49. The van der Waals surface area contributed by atoms with E-state index in [1.807, 2.05) is 26.0 Å². The summed E-state index contributed by atoms with van der Waals surface area (Å²) in [4.78, 5) is 53.8. The molecule has 0 aliphatic rings. The fraction of sp³-hybridized carbons (Fsp3) is 0.448. The lowest BCUT2D eigenvalue weighted by molar-refractivity contribution is -0.143. The molecule has 4 N–H and O–H groups in total. The summed E-state index contributed by atoms with van der Waals surface area (Å²) in [6.07, 6.45) is -1.35. The Morgan fingerprint density at radius 2 is 1.62 bits per heavy atom. The van der Waals surface area contributed by atoms with Crippen LogP contribution in [0, 0.1) is 13.8 Å². The summed E-state index contributed by atoms with van der Waals surface area (Å²) in [5.74, 6) is -1.28. The lowest BCUT2D eigenvalue weighted by atomic mass is 9.94. The Kier molecular flexibility index (Phi) is 10.5. The number of primary amides is 1. The predicted molar refractivity (Wildman–Crippen MR) is 149 cm³/mol. The minimum atomic E-state index is -1.35. The van der Waals surface area contributed by atoms with Gasteiger partial charge in [0.05, 0.1) is 13.5 Å². The number of benzene rings is 2. The molecule has 0 saturated heterocycles. The van der Waals surface area contributed by atoms with Gasteiger partial charge in [-0.25, -0.2) is 4.79 Å². The molecule has 0 spiro atoms. The van der Waals surface area contributed by atoms with Crippen molar-refractivity contribution in [2.75, 3.05) is 12.4 Å². The van der Waals surface area contributed by atoms with Crippen molar-refractivity contribution in [1.82, 2.24) is 10.2 Å². The van der Waals surface area contributed by atoms with Crippen LogP contribution in [0.15, 0.2) is 42.5 Å². The van der Waals surface area contributed by atoms with E-state index in [0.29, 0.717) is 17.0 Å². The van der Waals surface area contributed by atoms with Crippen LogP contribution in [0.3, 0.4) is 0 Å². The maximum Gasteiger partial charge on any atom is 0.408 e. The number of carbonyl (C=O) groups excluding carboxylic acids is 4. The molecular formula is C29H40N4O6. The van der Waals surface area contributed by atoms with Crippen molar-refractivity contribution >= 4 is 29.5 Å². The van der Waals surface area contributed by atoms with E-state index in [9.17, 15) is 19.2 Å². The molecule has 212 valence electrons. The second-order valence-electron chi connectivity index (χ2n) is 10.6. The van der Waals surface area contributed by atoms with Crippen LogP contribution in [0.5, 0.6) is 5.75 Å². The molecule has 0 heterocycles. The number of rotatable bonds is 10. The minimum Gasteiger partial charge on any atom is -0.497 e. The van der Waals surface area contributed by atoms with E-state index < -0.39 is 54.0 Å². The van der Waals surface area contributed by atoms with Crippen molar-refractivity contribution in [3.05, 3.63) is 59.2 Å². The number of hydrogen-bond acceptors (Lipinski definition) is 6. The van der Waals surface area contributed by atoms with E-state index in [1.54, 1.807) is 72.1 Å². The molecule has 0 aliphatic carbocycles. The van der Waals surface area contributed by atoms with Crippen molar-refractivity contribution in [2.24, 2.45) is 5.73 Å². The smallest absolute Gasteiger partial charge is 0.408 e. The van der Waals surface area contributed by atoms with Gasteiger partial charge >= 0.3 is 6.09 Å². The first-order valence-corrected chi connectivity index (χ1v) is 12.8. The molecule has 2 unspecified atom stereocenters. The zero-order valence-electron chi connectivity index (χ0n) is 24.0. The number of carbonyl (C=O) groups is 4. The van der Waals surface area contributed by atoms with Gasteiger partial charge < -0.3 is 30.7 Å². The maximum absolute atomic E-state index is 14.0. The Hall–Kier alpha value is -4.08. The molecule has 2 atom stereocenters. The van der Waals surface area contributed by atoms with Gasteiger partial charge in [0, 0.05) is 11.7 Å². The Labute approximate surface area is 230 Å². The van der Waals surface area contributed by atoms with Crippen molar-refractivity contribution in [3.8, 4) is 5.75 Å². The number of amides is 4. The van der Waals surface area contributed by atoms with Crippen molar-refractivity contribution < 1.29 is 28.7 Å². The van der Waals surface area contributed by atoms with Crippen LogP contribution < -0.4 is 21.1 Å². The first-order chi connectivity index (χ1) is 18.1. The molecule has 0 bridgehead atoms. The third-order valence-electron chi connectivity index (χ3n) is 6.03. The number of alkyl carbamates (subject to hydrolysis) is 1. The highest BCUT2D eigenvalue weighted by Gasteiger charge is 2.39. The van der Waals surface area contributed by atoms with Gasteiger partial charge in [0.1, 0.15) is 23.4 Å². The van der Waals surface area contributed by atoms with Gasteiger partial charge in [0.25, 0.3) is 5.91 Å². The lowest BCUT2D eigenvalue weighted by Crippen LogP contribution is -2.55. The zero-order valence-corrected chi connectivity index (χ0v) is 24.0. The van der Waals surface area contributed by atoms with Crippen molar-refractivity contribution in [3.63, 3.8) is 0 Å². The summed E-state index contributed by atoms with van der Waals surface area (Å²) in [6.45, 7) is 12.3. The molecule has 10 heteroatoms. The number of methoxy groups -OCH3 is 1. The van der Waals surface area contributed by atoms with Crippen LogP contribution >= 0.6 is 0 Å². The molecule has 0 radical (unpaired) electrons. The number of nitrogens with two attached hydrogens (primary N) is 1. The van der Waals surface area contributed by atoms with Crippen LogP contribution in [-0.2, 0) is 19.1 Å². The Balaban J connectivity index is 2.57. The normalized spacial score (nSPS) is 12.7. The van der Waals surface area contributed by atoms with Gasteiger partial charge in [-0.1, -0.05) is 18.2 Å². The third-order valence-corrected chi connectivity index (χ3v) is 6.03. The number of ether oxygens (including phenoxy) is 2. The van der Waals surface area contributed by atoms with Crippen LogP contribution in [0.25, 0.3) is 0 Å². The van der Waals surface area contributed by atoms with Crippen LogP contribution in [0.2, 0.25) is 0 Å². The summed E-state index contributed by atoms with van der Waals surface area (Å²) >= 11 is 0. The highest BCUT2D eigenvalue weighted by molar-refractivity contribution is 6.00. The topological polar surface area (TPSA) is 140 Å². The van der Waals surface area contributed by atoms with Gasteiger partial charge in [-0.2, -0.15) is 0 Å². The molecular weight excluding hydrogens is 500 g/mol. The molecule has 0 aromatic heterocycles. The predicted octanol–water partition coefficient (Wildman–Crippen LogP) is 4.00. The molecule has 2 rings (SSSR count). The first kappa shape index (κ1) is 31.1. The molecule has 39 heavy (non-hydrogen) atoms. The van der Waals surface area contributed by atoms with Gasteiger partial charge in [-0.15, -0.1) is 0 Å². The van der Waals surface area contributed by atoms with E-state index in [4.69, 9.17) is 15.2 Å². The van der Waals surface area contributed by atoms with Gasteiger partial charge in [-0.05, 0) is 89.4 Å². The van der Waals surface area contributed by atoms with Crippen LogP contribution in [-0.4, -0.2) is 53.5 Å². The van der Waals surface area contributed by atoms with E-state index in [0.717, 1.165) is 11.1 Å². The molecule has 2 aromatic carbocycles. The summed E-state index contributed by atoms with van der Waals surface area (Å²) in [7, 11) is 1.55. The van der Waals surface area contributed by atoms with E-state index in [2.05, 4.69) is 10.6 Å². The minimum absolute atomic E-state index is 0.467. The van der Waals surface area contributed by atoms with Gasteiger partial charge in [0.2, 0.25) is 11.8 Å². The quantitative estimate of drug-likeness (QED) is 0.416. The zero-order chi connectivity index (χ0) is 29.5. The molecule has 10 nitrogen and oxygen atoms in total. The van der Waals surface area contributed by atoms with Crippen molar-refractivity contribution in [1.29, 1.82) is 0 Å². The van der Waals surface area contributed by atoms with Gasteiger partial charge in [-0.3, -0.25) is 14.4 Å². The van der Waals surface area contributed by atoms with E-state index >= 15 is 0 Å². The summed E-state index contributed by atoms with van der Waals surface area (Å²) in [6, 6.07) is 9.39. The van der Waals surface area contributed by atoms with E-state index in [1.165, 1.54) is 4.90 Å². The SMILES string of the molecule is COc1ccc(NC(=O)C(c2cccc(C)c2C)N(C(=O)C(CC(N)=O)NC(=O)OC(C)(C)C)C(C)C)cc1. The fourth-order valence-electron chi connectivity index (χ4n) is 4.08. The Morgan fingerprint density at radius 1 is 1.00 bits per heavy atom. The summed E-state index contributed by atoms with van der Waals surface area (Å²) in [5, 5.41) is 5.36. The molecule has 0 fully saturated rings. The molecule has 0 aliphatic heterocycles. The number of anilines is 1. The molecule has 2 aromatic rings. The highest BCUT2D eigenvalue weighted by atomic mass is 16.6. The number of aryl methyl sites for hydroxylation is 1. The third kappa shape index (κ3) is 8.73. The average Bonchev–Trinajstić information content (AvgIpc) is 2.82. The Morgan fingerprint density at radius 3 is 2.13 bits per heavy atom. The first-order valence-electron chi connectivity index (χ1n) is 12.8. The van der Waals surface area contributed by atoms with Gasteiger partial charge in [0.15, 0.2) is 0 Å². The average molecular weight is 541 g/mol. The number of nitrogens with zero attached hydrogens (tertiary/aromatic N) is 1. The maximum atomic E-state index is 14.0. The van der Waals surface area contributed by atoms with Crippen LogP contribution in [0.4, 0.5) is 10.5 Å². The molecule has 4 amide bonds. The lowest BCUT2D eigenvalue weighted by Gasteiger charge is -2.37. The van der Waals surface area contributed by atoms with E-state index in [-0.39, 0.29) is 0 Å². The molecule has 0 saturated carbocycles. The largest absolute Gasteiger partial charge is 0.497 e. The fourth-order valence-corrected chi connectivity index (χ4v) is 4.08. The van der Waals surface area contributed by atoms with Crippen molar-refractivity contribution in [2.45, 2.75) is 78.6 Å². The Bertz CT molecular complexity index is 1190. The summed E-state index contributed by atoms with van der Waals surface area (Å²) < 4.78 is 10.5.